The van der Waals surface area contributed by atoms with Gasteiger partial charge in [-0.25, -0.2) is 4.39 Å². The van der Waals surface area contributed by atoms with Crippen molar-refractivity contribution in [2.45, 2.75) is 10.9 Å². The molecule has 0 spiro atoms. The summed E-state index contributed by atoms with van der Waals surface area (Å²) in [5.41, 5.74) is 2.42. The average molecular weight is 391 g/mol. The number of ether oxygens (including phenoxy) is 1. The number of hydrogen-bond acceptors (Lipinski definition) is 4. The van der Waals surface area contributed by atoms with Crippen LogP contribution < -0.4 is 4.74 Å². The topological polar surface area (TPSA) is 39.9 Å². The van der Waals surface area contributed by atoms with Gasteiger partial charge in [0.25, 0.3) is 0 Å². The van der Waals surface area contributed by atoms with Gasteiger partial charge in [0.1, 0.15) is 11.6 Å². The predicted molar refractivity (Wildman–Crippen MR) is 109 cm³/mol. The summed E-state index contributed by atoms with van der Waals surface area (Å²) in [6.07, 6.45) is 0. The predicted octanol–water partition coefficient (Wildman–Crippen LogP) is 5.37. The van der Waals surface area contributed by atoms with Crippen molar-refractivity contribution in [3.63, 3.8) is 0 Å². The maximum absolute atomic E-state index is 14.4. The van der Waals surface area contributed by atoms with E-state index in [0.29, 0.717) is 22.3 Å². The summed E-state index contributed by atoms with van der Waals surface area (Å²) in [4.78, 5) is 0. The molecule has 4 aromatic rings. The zero-order chi connectivity index (χ0) is 19.3. The van der Waals surface area contributed by atoms with Crippen molar-refractivity contribution in [1.82, 2.24) is 14.8 Å². The Morgan fingerprint density at radius 2 is 1.71 bits per heavy atom. The SMILES string of the molecule is COc1cccc(CSc2nnc(-c3ccccc3F)n2-c2ccccc2)c1. The minimum Gasteiger partial charge on any atom is -0.497 e. The Kier molecular flexibility index (Phi) is 5.39. The Balaban J connectivity index is 1.72. The number of methoxy groups -OCH3 is 1. The second-order valence-corrected chi connectivity index (χ2v) is 7.04. The Morgan fingerprint density at radius 3 is 2.50 bits per heavy atom. The van der Waals surface area contributed by atoms with Gasteiger partial charge in [0.15, 0.2) is 11.0 Å². The van der Waals surface area contributed by atoms with E-state index in [1.54, 1.807) is 37.1 Å². The molecule has 0 N–H and O–H groups in total. The fourth-order valence-corrected chi connectivity index (χ4v) is 3.80. The fraction of sp³-hybridized carbons (Fsp3) is 0.0909. The lowest BCUT2D eigenvalue weighted by atomic mass is 10.2. The third-order valence-corrected chi connectivity index (χ3v) is 5.26. The molecule has 0 saturated carbocycles. The van der Waals surface area contributed by atoms with Gasteiger partial charge < -0.3 is 4.74 Å². The van der Waals surface area contributed by atoms with E-state index in [1.165, 1.54) is 6.07 Å². The molecule has 0 radical (unpaired) electrons. The van der Waals surface area contributed by atoms with Crippen LogP contribution >= 0.6 is 11.8 Å². The van der Waals surface area contributed by atoms with Gasteiger partial charge in [0, 0.05) is 11.4 Å². The smallest absolute Gasteiger partial charge is 0.196 e. The zero-order valence-corrected chi connectivity index (χ0v) is 16.1. The summed E-state index contributed by atoms with van der Waals surface area (Å²) in [7, 11) is 1.65. The lowest BCUT2D eigenvalue weighted by molar-refractivity contribution is 0.414. The molecule has 4 rings (SSSR count). The highest BCUT2D eigenvalue weighted by Crippen LogP contribution is 2.31. The highest BCUT2D eigenvalue weighted by molar-refractivity contribution is 7.98. The van der Waals surface area contributed by atoms with Crippen LogP contribution in [0.4, 0.5) is 4.39 Å². The molecule has 0 amide bonds. The molecule has 0 aliphatic carbocycles. The molecule has 0 atom stereocenters. The summed E-state index contributed by atoms with van der Waals surface area (Å²) in [5.74, 6) is 1.67. The van der Waals surface area contributed by atoms with Gasteiger partial charge in [0.05, 0.1) is 12.7 Å². The maximum Gasteiger partial charge on any atom is 0.196 e. The highest BCUT2D eigenvalue weighted by atomic mass is 32.2. The quantitative estimate of drug-likeness (QED) is 0.414. The molecular weight excluding hydrogens is 373 g/mol. The molecule has 0 aliphatic heterocycles. The van der Waals surface area contributed by atoms with E-state index in [9.17, 15) is 4.39 Å². The van der Waals surface area contributed by atoms with E-state index in [1.807, 2.05) is 59.2 Å². The van der Waals surface area contributed by atoms with Crippen LogP contribution in [-0.2, 0) is 5.75 Å². The number of halogens is 1. The summed E-state index contributed by atoms with van der Waals surface area (Å²) in [5, 5.41) is 9.34. The number of hydrogen-bond donors (Lipinski definition) is 0. The lowest BCUT2D eigenvalue weighted by Crippen LogP contribution is -2.00. The third kappa shape index (κ3) is 3.77. The van der Waals surface area contributed by atoms with Gasteiger partial charge in [-0.05, 0) is 42.0 Å². The summed E-state index contributed by atoms with van der Waals surface area (Å²) < 4.78 is 21.6. The monoisotopic (exact) mass is 391 g/mol. The van der Waals surface area contributed by atoms with E-state index in [2.05, 4.69) is 10.2 Å². The molecule has 0 aliphatic rings. The third-order valence-electron chi connectivity index (χ3n) is 4.26. The number of para-hydroxylation sites is 1. The molecule has 1 heterocycles. The molecule has 140 valence electrons. The zero-order valence-electron chi connectivity index (χ0n) is 15.2. The second kappa shape index (κ2) is 8.27. The number of thioether (sulfide) groups is 1. The Morgan fingerprint density at radius 1 is 0.929 bits per heavy atom. The molecule has 0 saturated heterocycles. The van der Waals surface area contributed by atoms with E-state index in [0.717, 1.165) is 17.0 Å². The number of benzene rings is 3. The highest BCUT2D eigenvalue weighted by Gasteiger charge is 2.18. The Hall–Kier alpha value is -3.12. The molecule has 6 heteroatoms. The molecule has 0 bridgehead atoms. The van der Waals surface area contributed by atoms with Gasteiger partial charge in [-0.3, -0.25) is 4.57 Å². The lowest BCUT2D eigenvalue weighted by Gasteiger charge is -2.11. The fourth-order valence-electron chi connectivity index (χ4n) is 2.90. The van der Waals surface area contributed by atoms with Crippen LogP contribution in [0.5, 0.6) is 5.75 Å². The first-order valence-corrected chi connectivity index (χ1v) is 9.76. The van der Waals surface area contributed by atoms with Crippen molar-refractivity contribution in [2.75, 3.05) is 7.11 Å². The number of rotatable bonds is 6. The molecule has 3 aromatic carbocycles. The van der Waals surface area contributed by atoms with E-state index in [4.69, 9.17) is 4.74 Å². The van der Waals surface area contributed by atoms with Crippen LogP contribution in [0, 0.1) is 5.82 Å². The van der Waals surface area contributed by atoms with Crippen LogP contribution in [0.3, 0.4) is 0 Å². The first kappa shape index (κ1) is 18.3. The van der Waals surface area contributed by atoms with Crippen molar-refractivity contribution in [3.8, 4) is 22.8 Å². The molecule has 4 nitrogen and oxygen atoms in total. The minimum absolute atomic E-state index is 0.323. The largest absolute Gasteiger partial charge is 0.497 e. The Bertz CT molecular complexity index is 1080. The summed E-state index contributed by atoms with van der Waals surface area (Å²) in [6, 6.07) is 24.3. The minimum atomic E-state index is -0.323. The first-order valence-electron chi connectivity index (χ1n) is 8.78. The van der Waals surface area contributed by atoms with E-state index < -0.39 is 0 Å². The van der Waals surface area contributed by atoms with Gasteiger partial charge >= 0.3 is 0 Å². The molecule has 1 aromatic heterocycles. The molecule has 0 fully saturated rings. The van der Waals surface area contributed by atoms with Crippen molar-refractivity contribution in [2.24, 2.45) is 0 Å². The Labute approximate surface area is 167 Å². The van der Waals surface area contributed by atoms with Gasteiger partial charge in [-0.1, -0.05) is 54.2 Å². The molecular formula is C22H18FN3OS. The summed E-state index contributed by atoms with van der Waals surface area (Å²) in [6.45, 7) is 0. The van der Waals surface area contributed by atoms with Gasteiger partial charge in [-0.2, -0.15) is 0 Å². The van der Waals surface area contributed by atoms with Crippen LogP contribution in [0.25, 0.3) is 17.1 Å². The van der Waals surface area contributed by atoms with Gasteiger partial charge in [-0.15, -0.1) is 10.2 Å². The molecule has 0 unspecified atom stereocenters. The average Bonchev–Trinajstić information content (AvgIpc) is 3.17. The normalized spacial score (nSPS) is 10.8. The van der Waals surface area contributed by atoms with Gasteiger partial charge in [0.2, 0.25) is 0 Å². The first-order chi connectivity index (χ1) is 13.8. The van der Waals surface area contributed by atoms with Crippen LogP contribution in [-0.4, -0.2) is 21.9 Å². The van der Waals surface area contributed by atoms with Crippen LogP contribution in [0.2, 0.25) is 0 Å². The van der Waals surface area contributed by atoms with Crippen molar-refractivity contribution < 1.29 is 9.13 Å². The van der Waals surface area contributed by atoms with Crippen molar-refractivity contribution in [1.29, 1.82) is 0 Å². The number of nitrogens with zero attached hydrogens (tertiary/aromatic N) is 3. The summed E-state index contributed by atoms with van der Waals surface area (Å²) >= 11 is 1.55. The molecule has 28 heavy (non-hydrogen) atoms. The standard InChI is InChI=1S/C22H18FN3OS/c1-27-18-11-7-8-16(14-18)15-28-22-25-24-21(19-12-5-6-13-20(19)23)26(22)17-9-3-2-4-10-17/h2-14H,15H2,1H3. The van der Waals surface area contributed by atoms with Crippen molar-refractivity contribution >= 4 is 11.8 Å². The van der Waals surface area contributed by atoms with Crippen LogP contribution in [0.1, 0.15) is 5.56 Å². The maximum atomic E-state index is 14.4. The van der Waals surface area contributed by atoms with E-state index >= 15 is 0 Å². The van der Waals surface area contributed by atoms with Crippen molar-refractivity contribution in [3.05, 3.63) is 90.2 Å². The second-order valence-electron chi connectivity index (χ2n) is 6.10. The van der Waals surface area contributed by atoms with Crippen LogP contribution in [0.15, 0.2) is 84.0 Å². The number of aromatic nitrogens is 3. The van der Waals surface area contributed by atoms with E-state index in [-0.39, 0.29) is 5.82 Å².